The van der Waals surface area contributed by atoms with E-state index < -0.39 is 0 Å². The first-order valence-electron chi connectivity index (χ1n) is 8.10. The van der Waals surface area contributed by atoms with Crippen molar-refractivity contribution < 1.29 is 4.52 Å². The van der Waals surface area contributed by atoms with E-state index in [2.05, 4.69) is 55.2 Å². The van der Waals surface area contributed by atoms with Crippen molar-refractivity contribution in [1.82, 2.24) is 10.1 Å². The number of nitrogens with two attached hydrogens (primary N) is 1. The van der Waals surface area contributed by atoms with E-state index >= 15 is 0 Å². The van der Waals surface area contributed by atoms with Crippen molar-refractivity contribution in [3.8, 4) is 0 Å². The Hall–Kier alpha value is -1.68. The highest BCUT2D eigenvalue weighted by Gasteiger charge is 2.13. The third kappa shape index (κ3) is 4.95. The van der Waals surface area contributed by atoms with Gasteiger partial charge in [-0.3, -0.25) is 0 Å². The Labute approximate surface area is 133 Å². The topological polar surface area (TPSA) is 64.9 Å². The van der Waals surface area contributed by atoms with Gasteiger partial charge >= 0.3 is 0 Å². The zero-order valence-electron chi connectivity index (χ0n) is 13.9. The van der Waals surface area contributed by atoms with Crippen molar-refractivity contribution >= 4 is 0 Å². The molecule has 0 fully saturated rings. The maximum Gasteiger partial charge on any atom is 0.226 e. The van der Waals surface area contributed by atoms with Crippen LogP contribution >= 0.6 is 0 Å². The molecular formula is C18H27N3O. The second-order valence-corrected chi connectivity index (χ2v) is 6.83. The monoisotopic (exact) mass is 301 g/mol. The molecule has 0 unspecified atom stereocenters. The van der Waals surface area contributed by atoms with Crippen LogP contribution in [0.15, 0.2) is 28.8 Å². The minimum absolute atomic E-state index is 0.182. The predicted octanol–water partition coefficient (Wildman–Crippen LogP) is 3.63. The van der Waals surface area contributed by atoms with Crippen LogP contribution in [0, 0.1) is 0 Å². The number of hydrogen-bond donors (Lipinski definition) is 1. The molecule has 1 aromatic heterocycles. The Morgan fingerprint density at radius 1 is 1.05 bits per heavy atom. The smallest absolute Gasteiger partial charge is 0.226 e. The van der Waals surface area contributed by atoms with Gasteiger partial charge in [0.05, 0.1) is 0 Å². The fourth-order valence-electron chi connectivity index (χ4n) is 2.37. The fraction of sp³-hybridized carbons (Fsp3) is 0.556. The lowest BCUT2D eigenvalue weighted by atomic mass is 9.86. The van der Waals surface area contributed by atoms with Gasteiger partial charge in [0.2, 0.25) is 5.89 Å². The molecule has 1 aromatic carbocycles. The van der Waals surface area contributed by atoms with Crippen LogP contribution in [-0.4, -0.2) is 16.7 Å². The van der Waals surface area contributed by atoms with Gasteiger partial charge in [-0.25, -0.2) is 0 Å². The Morgan fingerprint density at radius 2 is 1.77 bits per heavy atom. The largest absolute Gasteiger partial charge is 0.339 e. The van der Waals surface area contributed by atoms with Crippen LogP contribution in [0.2, 0.25) is 0 Å². The van der Waals surface area contributed by atoms with E-state index in [4.69, 9.17) is 10.3 Å². The quantitative estimate of drug-likeness (QED) is 0.793. The summed E-state index contributed by atoms with van der Waals surface area (Å²) in [5, 5.41) is 4.07. The van der Waals surface area contributed by atoms with E-state index in [0.29, 0.717) is 0 Å². The molecule has 0 aliphatic heterocycles. The van der Waals surface area contributed by atoms with Crippen molar-refractivity contribution in [2.24, 2.45) is 5.73 Å². The molecule has 0 saturated carbocycles. The van der Waals surface area contributed by atoms with Crippen molar-refractivity contribution in [2.75, 3.05) is 6.54 Å². The molecular weight excluding hydrogens is 274 g/mol. The van der Waals surface area contributed by atoms with Gasteiger partial charge in [-0.2, -0.15) is 4.98 Å². The lowest BCUT2D eigenvalue weighted by Crippen LogP contribution is -2.10. The van der Waals surface area contributed by atoms with Gasteiger partial charge in [0.25, 0.3) is 0 Å². The molecule has 0 aliphatic rings. The van der Waals surface area contributed by atoms with Gasteiger partial charge in [-0.15, -0.1) is 0 Å². The first kappa shape index (κ1) is 16.7. The summed E-state index contributed by atoms with van der Waals surface area (Å²) in [4.78, 5) is 4.47. The summed E-state index contributed by atoms with van der Waals surface area (Å²) >= 11 is 0. The number of aromatic nitrogens is 2. The molecule has 0 radical (unpaired) electrons. The number of unbranched alkanes of at least 4 members (excludes halogenated alkanes) is 2. The van der Waals surface area contributed by atoms with Crippen LogP contribution < -0.4 is 5.73 Å². The Balaban J connectivity index is 1.90. The first-order valence-corrected chi connectivity index (χ1v) is 8.10. The molecule has 0 saturated heterocycles. The highest BCUT2D eigenvalue weighted by atomic mass is 16.5. The number of aryl methyl sites for hydroxylation is 1. The number of benzene rings is 1. The standard InChI is InChI=1S/C18H27N3O/c1-18(2,3)15-10-8-14(9-11-15)13-16-20-17(22-21-16)7-5-4-6-12-19/h8-11H,4-7,12-13,19H2,1-3H3. The average Bonchev–Trinajstić information content (AvgIpc) is 2.91. The molecule has 4 nitrogen and oxygen atoms in total. The zero-order chi connectivity index (χ0) is 16.0. The molecule has 120 valence electrons. The van der Waals surface area contributed by atoms with Gasteiger partial charge in [-0.1, -0.05) is 56.6 Å². The van der Waals surface area contributed by atoms with Crippen LogP contribution in [0.1, 0.15) is 62.9 Å². The lowest BCUT2D eigenvalue weighted by Gasteiger charge is -2.18. The molecule has 0 bridgehead atoms. The van der Waals surface area contributed by atoms with Crippen molar-refractivity contribution in [1.29, 1.82) is 0 Å². The minimum Gasteiger partial charge on any atom is -0.339 e. The summed E-state index contributed by atoms with van der Waals surface area (Å²) in [5.74, 6) is 1.50. The second kappa shape index (κ2) is 7.54. The molecule has 22 heavy (non-hydrogen) atoms. The SMILES string of the molecule is CC(C)(C)c1ccc(Cc2noc(CCCCCN)n2)cc1. The number of hydrogen-bond acceptors (Lipinski definition) is 4. The van der Waals surface area contributed by atoms with Crippen LogP contribution in [0.25, 0.3) is 0 Å². The normalized spacial score (nSPS) is 11.8. The molecule has 0 atom stereocenters. The second-order valence-electron chi connectivity index (χ2n) is 6.83. The summed E-state index contributed by atoms with van der Waals surface area (Å²) in [7, 11) is 0. The van der Waals surface area contributed by atoms with Crippen molar-refractivity contribution in [2.45, 2.75) is 58.3 Å². The highest BCUT2D eigenvalue weighted by molar-refractivity contribution is 5.28. The maximum absolute atomic E-state index is 5.48. The summed E-state index contributed by atoms with van der Waals surface area (Å²) in [5.41, 5.74) is 8.22. The first-order chi connectivity index (χ1) is 10.5. The molecule has 0 spiro atoms. The third-order valence-corrected chi connectivity index (χ3v) is 3.79. The fourth-order valence-corrected chi connectivity index (χ4v) is 2.37. The molecule has 2 rings (SSSR count). The van der Waals surface area contributed by atoms with Crippen LogP contribution in [0.5, 0.6) is 0 Å². The van der Waals surface area contributed by atoms with Crippen molar-refractivity contribution in [3.63, 3.8) is 0 Å². The lowest BCUT2D eigenvalue weighted by molar-refractivity contribution is 0.369. The van der Waals surface area contributed by atoms with E-state index in [0.717, 1.165) is 50.4 Å². The predicted molar refractivity (Wildman–Crippen MR) is 88.9 cm³/mol. The van der Waals surface area contributed by atoms with E-state index in [1.807, 2.05) is 0 Å². The van der Waals surface area contributed by atoms with E-state index in [1.54, 1.807) is 0 Å². The molecule has 4 heteroatoms. The van der Waals surface area contributed by atoms with Crippen LogP contribution in [-0.2, 0) is 18.3 Å². The van der Waals surface area contributed by atoms with Crippen molar-refractivity contribution in [3.05, 3.63) is 47.1 Å². The zero-order valence-corrected chi connectivity index (χ0v) is 13.9. The number of rotatable bonds is 7. The van der Waals surface area contributed by atoms with E-state index in [1.165, 1.54) is 11.1 Å². The molecule has 2 aromatic rings. The molecule has 1 heterocycles. The maximum atomic E-state index is 5.48. The Kier molecular flexibility index (Phi) is 5.72. The van der Waals surface area contributed by atoms with E-state index in [9.17, 15) is 0 Å². The van der Waals surface area contributed by atoms with Crippen LogP contribution in [0.4, 0.5) is 0 Å². The van der Waals surface area contributed by atoms with E-state index in [-0.39, 0.29) is 5.41 Å². The van der Waals surface area contributed by atoms with Gasteiger partial charge < -0.3 is 10.3 Å². The Bertz CT molecular complexity index is 567. The highest BCUT2D eigenvalue weighted by Crippen LogP contribution is 2.22. The third-order valence-electron chi connectivity index (χ3n) is 3.79. The van der Waals surface area contributed by atoms with Gasteiger partial charge in [0.15, 0.2) is 5.82 Å². The summed E-state index contributed by atoms with van der Waals surface area (Å²) < 4.78 is 5.30. The summed E-state index contributed by atoms with van der Waals surface area (Å²) in [6.07, 6.45) is 4.79. The number of nitrogens with zero attached hydrogens (tertiary/aromatic N) is 2. The summed E-state index contributed by atoms with van der Waals surface area (Å²) in [6.45, 7) is 7.41. The molecule has 0 aliphatic carbocycles. The van der Waals surface area contributed by atoms with Gasteiger partial charge in [0.1, 0.15) is 0 Å². The Morgan fingerprint density at radius 3 is 2.41 bits per heavy atom. The molecule has 2 N–H and O–H groups in total. The minimum atomic E-state index is 0.182. The summed E-state index contributed by atoms with van der Waals surface area (Å²) in [6, 6.07) is 8.67. The van der Waals surface area contributed by atoms with Gasteiger partial charge in [-0.05, 0) is 35.9 Å². The molecule has 0 amide bonds. The van der Waals surface area contributed by atoms with Gasteiger partial charge in [0, 0.05) is 12.8 Å². The average molecular weight is 301 g/mol. The van der Waals surface area contributed by atoms with Crippen LogP contribution in [0.3, 0.4) is 0 Å².